The van der Waals surface area contributed by atoms with Gasteiger partial charge in [0.15, 0.2) is 11.6 Å². The Balaban J connectivity index is 2.18. The average molecular weight is 371 g/mol. The number of aryl methyl sites for hydroxylation is 1. The van der Waals surface area contributed by atoms with Crippen LogP contribution in [0.25, 0.3) is 5.69 Å². The molecule has 3 nitrogen and oxygen atoms in total. The van der Waals surface area contributed by atoms with E-state index in [2.05, 4.69) is 4.98 Å². The number of aliphatic hydroxyl groups is 1. The Hall–Kier alpha value is -2.38. The van der Waals surface area contributed by atoms with Gasteiger partial charge in [0.2, 0.25) is 0 Å². The molecule has 0 saturated carbocycles. The molecule has 3 rings (SSSR count). The van der Waals surface area contributed by atoms with Crippen LogP contribution >= 0.6 is 11.6 Å². The van der Waals surface area contributed by atoms with Crippen molar-refractivity contribution >= 4 is 11.6 Å². The second-order valence-corrected chi connectivity index (χ2v) is 5.76. The molecule has 1 N–H and O–H groups in total. The molecule has 1 heterocycles. The molecule has 8 heteroatoms. The van der Waals surface area contributed by atoms with E-state index in [1.807, 2.05) is 0 Å². The Morgan fingerprint density at radius 2 is 1.68 bits per heavy atom. The minimum Gasteiger partial charge on any atom is -0.382 e. The molecular formula is C17H11ClF4N2O. The van der Waals surface area contributed by atoms with Crippen LogP contribution in [0.2, 0.25) is 5.02 Å². The summed E-state index contributed by atoms with van der Waals surface area (Å²) < 4.78 is 55.7. The molecule has 3 aromatic rings. The normalized spacial score (nSPS) is 12.4. The molecule has 0 aliphatic heterocycles. The van der Waals surface area contributed by atoms with Gasteiger partial charge in [-0.2, -0.15) is 0 Å². The van der Waals surface area contributed by atoms with Crippen LogP contribution in [0.1, 0.15) is 23.2 Å². The Labute approximate surface area is 145 Å². The number of benzene rings is 2. The van der Waals surface area contributed by atoms with Gasteiger partial charge in [0.25, 0.3) is 0 Å². The first-order valence-corrected chi connectivity index (χ1v) is 7.49. The predicted molar refractivity (Wildman–Crippen MR) is 83.6 cm³/mol. The Morgan fingerprint density at radius 1 is 1.04 bits per heavy atom. The smallest absolute Gasteiger partial charge is 0.153 e. The van der Waals surface area contributed by atoms with Gasteiger partial charge in [0, 0.05) is 22.7 Å². The zero-order chi connectivity index (χ0) is 18.3. The summed E-state index contributed by atoms with van der Waals surface area (Å²) in [5, 5.41) is 10.5. The first-order chi connectivity index (χ1) is 11.8. The number of rotatable bonds is 3. The van der Waals surface area contributed by atoms with Crippen molar-refractivity contribution < 1.29 is 22.7 Å². The molecule has 0 aliphatic carbocycles. The lowest BCUT2D eigenvalue weighted by Gasteiger charge is -2.17. The number of imidazole rings is 1. The van der Waals surface area contributed by atoms with Crippen molar-refractivity contribution in [1.82, 2.24) is 9.55 Å². The van der Waals surface area contributed by atoms with Crippen LogP contribution in [0.4, 0.5) is 17.6 Å². The highest BCUT2D eigenvalue weighted by atomic mass is 35.5. The fraction of sp³-hybridized carbons (Fsp3) is 0.118. The summed E-state index contributed by atoms with van der Waals surface area (Å²) in [7, 11) is 0. The first kappa shape index (κ1) is 17.4. The quantitative estimate of drug-likeness (QED) is 0.691. The van der Waals surface area contributed by atoms with Crippen LogP contribution in [0.15, 0.2) is 36.5 Å². The summed E-state index contributed by atoms with van der Waals surface area (Å²) in [6.45, 7) is 1.46. The van der Waals surface area contributed by atoms with E-state index < -0.39 is 35.1 Å². The fourth-order valence-corrected chi connectivity index (χ4v) is 2.85. The van der Waals surface area contributed by atoms with Crippen molar-refractivity contribution in [2.75, 3.05) is 0 Å². The molecule has 0 aliphatic rings. The minimum absolute atomic E-state index is 0.00424. The van der Waals surface area contributed by atoms with Crippen molar-refractivity contribution in [3.05, 3.63) is 81.9 Å². The molecule has 0 amide bonds. The third kappa shape index (κ3) is 3.12. The van der Waals surface area contributed by atoms with E-state index in [0.717, 1.165) is 16.7 Å². The maximum absolute atomic E-state index is 14.1. The molecule has 0 saturated heterocycles. The summed E-state index contributed by atoms with van der Waals surface area (Å²) in [6.07, 6.45) is -0.222. The van der Waals surface area contributed by atoms with Gasteiger partial charge in [0.05, 0.1) is 11.9 Å². The van der Waals surface area contributed by atoms with Crippen LogP contribution in [-0.2, 0) is 0 Å². The van der Waals surface area contributed by atoms with Crippen molar-refractivity contribution in [2.24, 2.45) is 0 Å². The molecule has 0 radical (unpaired) electrons. The molecule has 130 valence electrons. The van der Waals surface area contributed by atoms with E-state index in [0.29, 0.717) is 12.1 Å². The second-order valence-electron chi connectivity index (χ2n) is 5.35. The Kier molecular flexibility index (Phi) is 4.53. The monoisotopic (exact) mass is 370 g/mol. The molecule has 1 unspecified atom stereocenters. The van der Waals surface area contributed by atoms with E-state index >= 15 is 0 Å². The minimum atomic E-state index is -1.43. The first-order valence-electron chi connectivity index (χ1n) is 7.11. The molecule has 0 spiro atoms. The number of halogens is 5. The highest BCUT2D eigenvalue weighted by molar-refractivity contribution is 6.31. The van der Waals surface area contributed by atoms with Gasteiger partial charge in [-0.3, -0.25) is 4.57 Å². The molecular weight excluding hydrogens is 360 g/mol. The van der Waals surface area contributed by atoms with E-state index in [1.54, 1.807) is 0 Å². The lowest BCUT2D eigenvalue weighted by atomic mass is 10.1. The topological polar surface area (TPSA) is 38.1 Å². The number of hydrogen-bond acceptors (Lipinski definition) is 2. The highest BCUT2D eigenvalue weighted by Gasteiger charge is 2.24. The number of hydrogen-bond donors (Lipinski definition) is 1. The third-order valence-corrected chi connectivity index (χ3v) is 4.04. The standard InChI is InChI=1S/C17H11ClF4N2O/c1-8-23-7-15(17(25)11-3-2-9(19)4-12(11)18)24(8)16-13(21)5-10(20)6-14(16)22/h2-7,17,25H,1H3. The number of nitrogens with zero attached hydrogens (tertiary/aromatic N) is 2. The van der Waals surface area contributed by atoms with Gasteiger partial charge in [-0.25, -0.2) is 22.5 Å². The second kappa shape index (κ2) is 6.50. The summed E-state index contributed by atoms with van der Waals surface area (Å²) >= 11 is 5.94. The van der Waals surface area contributed by atoms with E-state index in [9.17, 15) is 22.7 Å². The summed E-state index contributed by atoms with van der Waals surface area (Å²) in [4.78, 5) is 3.95. The highest BCUT2D eigenvalue weighted by Crippen LogP contribution is 2.32. The van der Waals surface area contributed by atoms with Gasteiger partial charge >= 0.3 is 0 Å². The van der Waals surface area contributed by atoms with Gasteiger partial charge in [-0.15, -0.1) is 0 Å². The maximum Gasteiger partial charge on any atom is 0.153 e. The largest absolute Gasteiger partial charge is 0.382 e. The van der Waals surface area contributed by atoms with Crippen molar-refractivity contribution in [3.8, 4) is 5.69 Å². The summed E-state index contributed by atoms with van der Waals surface area (Å²) in [5.74, 6) is -3.81. The van der Waals surface area contributed by atoms with E-state index in [-0.39, 0.29) is 22.1 Å². The van der Waals surface area contributed by atoms with Crippen molar-refractivity contribution in [3.63, 3.8) is 0 Å². The molecule has 0 bridgehead atoms. The molecule has 25 heavy (non-hydrogen) atoms. The van der Waals surface area contributed by atoms with Crippen LogP contribution in [0, 0.1) is 30.2 Å². The van der Waals surface area contributed by atoms with Crippen LogP contribution in [-0.4, -0.2) is 14.7 Å². The van der Waals surface area contributed by atoms with E-state index in [1.165, 1.54) is 19.2 Å². The van der Waals surface area contributed by atoms with Crippen LogP contribution in [0.5, 0.6) is 0 Å². The Bertz CT molecular complexity index is 935. The lowest BCUT2D eigenvalue weighted by molar-refractivity contribution is 0.212. The summed E-state index contributed by atoms with van der Waals surface area (Å²) in [5.41, 5.74) is -0.453. The van der Waals surface area contributed by atoms with Crippen molar-refractivity contribution in [2.45, 2.75) is 13.0 Å². The number of aromatic nitrogens is 2. The maximum atomic E-state index is 14.1. The van der Waals surface area contributed by atoms with Gasteiger partial charge in [0.1, 0.15) is 29.3 Å². The van der Waals surface area contributed by atoms with Crippen LogP contribution < -0.4 is 0 Å². The third-order valence-electron chi connectivity index (χ3n) is 3.71. The molecule has 1 aromatic heterocycles. The Morgan fingerprint density at radius 3 is 2.28 bits per heavy atom. The average Bonchev–Trinajstić information content (AvgIpc) is 2.87. The van der Waals surface area contributed by atoms with E-state index in [4.69, 9.17) is 11.6 Å². The molecule has 1 atom stereocenters. The van der Waals surface area contributed by atoms with Gasteiger partial charge in [-0.1, -0.05) is 17.7 Å². The zero-order valence-electron chi connectivity index (χ0n) is 12.8. The predicted octanol–water partition coefficient (Wildman–Crippen LogP) is 4.47. The van der Waals surface area contributed by atoms with Gasteiger partial charge < -0.3 is 5.11 Å². The SMILES string of the molecule is Cc1ncc(C(O)c2ccc(F)cc2Cl)n1-c1c(F)cc(F)cc1F. The molecule has 2 aromatic carbocycles. The number of aliphatic hydroxyl groups excluding tert-OH is 1. The fourth-order valence-electron chi connectivity index (χ4n) is 2.58. The summed E-state index contributed by atoms with van der Waals surface area (Å²) in [6, 6.07) is 4.41. The zero-order valence-corrected chi connectivity index (χ0v) is 13.5. The molecule has 0 fully saturated rings. The van der Waals surface area contributed by atoms with Crippen LogP contribution in [0.3, 0.4) is 0 Å². The van der Waals surface area contributed by atoms with Crippen molar-refractivity contribution in [1.29, 1.82) is 0 Å². The van der Waals surface area contributed by atoms with Gasteiger partial charge in [-0.05, 0) is 19.1 Å². The lowest BCUT2D eigenvalue weighted by Crippen LogP contribution is -2.12.